The van der Waals surface area contributed by atoms with Gasteiger partial charge in [0.1, 0.15) is 5.82 Å². The number of imidazole rings is 1. The molecule has 0 aliphatic heterocycles. The van der Waals surface area contributed by atoms with Gasteiger partial charge in [0.25, 0.3) is 0 Å². The molecule has 0 fully saturated rings. The van der Waals surface area contributed by atoms with E-state index in [-0.39, 0.29) is 71.6 Å². The quantitative estimate of drug-likeness (QED) is 0.186. The molecule has 0 atom stereocenters. The van der Waals surface area contributed by atoms with Gasteiger partial charge in [0.15, 0.2) is 0 Å². The molecule has 9 aromatic rings. The molecule has 0 N–H and O–H groups in total. The predicted molar refractivity (Wildman–Crippen MR) is 190 cm³/mol. The zero-order chi connectivity index (χ0) is 46.3. The normalized spacial score (nSPS) is 17.5. The van der Waals surface area contributed by atoms with Gasteiger partial charge in [0.2, 0.25) is 0 Å². The number of hydrogen-bond acceptors (Lipinski definition) is 1. The topological polar surface area (TPSA) is 17.8 Å². The fraction of sp³-hybridized carbons (Fsp3) is 0. The number of aromatic nitrogens is 2. The Morgan fingerprint density at radius 3 is 1.82 bits per heavy atom. The Morgan fingerprint density at radius 2 is 1.09 bits per heavy atom. The highest BCUT2D eigenvalue weighted by Gasteiger charge is 2.19. The van der Waals surface area contributed by atoms with E-state index in [2.05, 4.69) is 0 Å². The lowest BCUT2D eigenvalue weighted by Crippen LogP contribution is -1.98. The van der Waals surface area contributed by atoms with E-state index in [1.165, 1.54) is 6.07 Å². The largest absolute Gasteiger partial charge is 0.292 e. The van der Waals surface area contributed by atoms with E-state index in [1.54, 1.807) is 53.1 Å². The average molecular weight is 592 g/mol. The van der Waals surface area contributed by atoms with Crippen molar-refractivity contribution in [2.75, 3.05) is 0 Å². The smallest absolute Gasteiger partial charge is 0.145 e. The molecule has 0 saturated carbocycles. The van der Waals surface area contributed by atoms with Gasteiger partial charge < -0.3 is 0 Å². The number of fused-ring (bicyclic) bond motifs is 4. The second-order valence-corrected chi connectivity index (χ2v) is 10.2. The molecule has 0 aliphatic carbocycles. The van der Waals surface area contributed by atoms with Crippen molar-refractivity contribution >= 4 is 43.4 Å². The van der Waals surface area contributed by atoms with Crippen LogP contribution >= 0.6 is 0 Å². The van der Waals surface area contributed by atoms with Crippen LogP contribution in [0.5, 0.6) is 0 Å². The molecule has 0 saturated heterocycles. The maximum Gasteiger partial charge on any atom is 0.145 e. The summed E-state index contributed by atoms with van der Waals surface area (Å²) in [6, 6.07) is 2.24. The third kappa shape index (κ3) is 4.15. The molecule has 0 bridgehead atoms. The molecule has 1 aromatic heterocycles. The molecule has 210 valence electrons. The Hall–Kier alpha value is -5.99. The van der Waals surface area contributed by atoms with E-state index in [4.69, 9.17) is 24.2 Å². The van der Waals surface area contributed by atoms with Crippen molar-refractivity contribution in [3.8, 4) is 39.3 Å². The van der Waals surface area contributed by atoms with E-state index >= 15 is 0 Å². The number of nitrogens with zero attached hydrogens (tertiary/aromatic N) is 2. The lowest BCUT2D eigenvalue weighted by atomic mass is 9.85. The van der Waals surface area contributed by atoms with Crippen molar-refractivity contribution in [3.63, 3.8) is 0 Å². The summed E-state index contributed by atoms with van der Waals surface area (Å²) in [4.78, 5) is 4.71. The fourth-order valence-corrected chi connectivity index (χ4v) is 5.77. The summed E-state index contributed by atoms with van der Waals surface area (Å²) in [5.74, 6) is -0.0345. The number of benzene rings is 8. The van der Waals surface area contributed by atoms with Crippen LogP contribution < -0.4 is 0 Å². The molecule has 1 heterocycles. The minimum atomic E-state index is -0.730. The van der Waals surface area contributed by atoms with Crippen LogP contribution in [0.2, 0.25) is 0 Å². The summed E-state index contributed by atoms with van der Waals surface area (Å²) in [5, 5.41) is -1.57. The van der Waals surface area contributed by atoms with Crippen LogP contribution in [0.4, 0.5) is 0 Å². The molecule has 9 rings (SSSR count). The summed E-state index contributed by atoms with van der Waals surface area (Å²) >= 11 is 0. The molecule has 0 amide bonds. The van der Waals surface area contributed by atoms with Gasteiger partial charge in [-0.15, -0.1) is 0 Å². The molecule has 2 heteroatoms. The van der Waals surface area contributed by atoms with Crippen molar-refractivity contribution in [1.29, 1.82) is 0 Å². The Morgan fingerprint density at radius 1 is 0.467 bits per heavy atom. The lowest BCUT2D eigenvalue weighted by Gasteiger charge is -2.19. The molecule has 45 heavy (non-hydrogen) atoms. The first-order chi connectivity index (χ1) is 30.2. The summed E-state index contributed by atoms with van der Waals surface area (Å²) in [5.41, 5.74) is 0.383. The van der Waals surface area contributed by atoms with Gasteiger partial charge in [0.05, 0.1) is 37.1 Å². The van der Waals surface area contributed by atoms with Gasteiger partial charge in [-0.25, -0.2) is 4.98 Å². The molecule has 0 aliphatic rings. The molecule has 0 unspecified atom stereocenters. The number of para-hydroxylation sites is 2. The van der Waals surface area contributed by atoms with Crippen LogP contribution in [-0.4, -0.2) is 9.55 Å². The van der Waals surface area contributed by atoms with Gasteiger partial charge in [-0.05, 0) is 84.9 Å². The minimum Gasteiger partial charge on any atom is -0.292 e. The second kappa shape index (κ2) is 10.3. The van der Waals surface area contributed by atoms with Crippen LogP contribution in [0.25, 0.3) is 82.7 Å². The SMILES string of the molecule is [2H]c1c([2H])c([2H])c(-c2nc3ccccc3n2-c2cccc(-c3c4c([2H])c([2H])c([2H])c([2H])c4c(-c4cc5c([2H])c([2H])c([2H])c([2H])c5c([2H])c4[2H])c4c([2H])c([2H])c([2H])c([2H])c34)c2)c([2H])c1[2H]. The first-order valence-corrected chi connectivity index (χ1v) is 13.8. The van der Waals surface area contributed by atoms with Crippen molar-refractivity contribution in [2.24, 2.45) is 0 Å². The Labute approximate surface area is 288 Å². The maximum atomic E-state index is 9.39. The molecule has 8 aromatic carbocycles. The fourth-order valence-electron chi connectivity index (χ4n) is 5.77. The number of hydrogen-bond donors (Lipinski definition) is 0. The van der Waals surface area contributed by atoms with E-state index in [9.17, 15) is 6.85 Å². The monoisotopic (exact) mass is 591 g/mol. The Balaban J connectivity index is 1.49. The molecule has 0 spiro atoms. The van der Waals surface area contributed by atoms with Crippen LogP contribution in [0.15, 0.2) is 169 Å². The summed E-state index contributed by atoms with van der Waals surface area (Å²) < 4.78 is 169. The summed E-state index contributed by atoms with van der Waals surface area (Å²) in [6.45, 7) is 0. The van der Waals surface area contributed by atoms with E-state index < -0.39 is 115 Å². The van der Waals surface area contributed by atoms with Gasteiger partial charge >= 0.3 is 0 Å². The van der Waals surface area contributed by atoms with Crippen molar-refractivity contribution < 1.29 is 26.0 Å². The number of rotatable bonds is 4. The molecule has 0 radical (unpaired) electrons. The van der Waals surface area contributed by atoms with Crippen molar-refractivity contribution in [3.05, 3.63) is 169 Å². The minimum absolute atomic E-state index is 0.0345. The summed E-state index contributed by atoms with van der Waals surface area (Å²) in [7, 11) is 0. The molecule has 2 nitrogen and oxygen atoms in total. The first kappa shape index (κ1) is 12.9. The highest BCUT2D eigenvalue weighted by molar-refractivity contribution is 6.21. The van der Waals surface area contributed by atoms with Crippen LogP contribution in [-0.2, 0) is 0 Å². The first-order valence-electron chi connectivity index (χ1n) is 23.3. The highest BCUT2D eigenvalue weighted by Crippen LogP contribution is 2.44. The Bertz CT molecular complexity index is 3510. The molecular weight excluding hydrogens is 544 g/mol. The second-order valence-electron chi connectivity index (χ2n) is 10.2. The van der Waals surface area contributed by atoms with Gasteiger partial charge in [-0.3, -0.25) is 4.57 Å². The molecular formula is C43H28N2. The zero-order valence-corrected chi connectivity index (χ0v) is 23.1. The standard InChI is InChI=1S/C43H28N2/c1-2-14-30(15-3-1)43-44-39-23-10-11-24-40(39)45(43)34-18-12-17-32(28-34)41-35-19-6-8-21-37(35)42(38-22-9-7-20-36(38)41)33-26-25-29-13-4-5-16-31(29)27-33/h1-28H/i1D,2D,3D,4D,5D,6D,7D,8D,9D,13D,14D,15D,16D,19D,20D,21D,22D,25D,26D. The predicted octanol–water partition coefficient (Wildman–Crippen LogP) is 11.5. The van der Waals surface area contributed by atoms with Gasteiger partial charge in [-0.2, -0.15) is 0 Å². The maximum absolute atomic E-state index is 9.39. The van der Waals surface area contributed by atoms with Crippen LogP contribution in [0.1, 0.15) is 26.0 Å². The van der Waals surface area contributed by atoms with Crippen LogP contribution in [0.3, 0.4) is 0 Å². The average Bonchev–Trinajstić information content (AvgIpc) is 3.67. The summed E-state index contributed by atoms with van der Waals surface area (Å²) in [6.07, 6.45) is 0. The van der Waals surface area contributed by atoms with Gasteiger partial charge in [-0.1, -0.05) is 139 Å². The van der Waals surface area contributed by atoms with E-state index in [0.717, 1.165) is 0 Å². The van der Waals surface area contributed by atoms with E-state index in [0.29, 0.717) is 11.0 Å². The third-order valence-corrected chi connectivity index (χ3v) is 7.65. The highest BCUT2D eigenvalue weighted by atomic mass is 15.1. The Kier molecular flexibility index (Phi) is 2.97. The van der Waals surface area contributed by atoms with Gasteiger partial charge in [0, 0.05) is 11.3 Å². The van der Waals surface area contributed by atoms with Crippen molar-refractivity contribution in [1.82, 2.24) is 9.55 Å². The van der Waals surface area contributed by atoms with Crippen molar-refractivity contribution in [2.45, 2.75) is 0 Å². The third-order valence-electron chi connectivity index (χ3n) is 7.65. The zero-order valence-electron chi connectivity index (χ0n) is 42.1. The lowest BCUT2D eigenvalue weighted by molar-refractivity contribution is 1.10. The van der Waals surface area contributed by atoms with E-state index in [1.807, 2.05) is 0 Å². The van der Waals surface area contributed by atoms with Crippen LogP contribution in [0, 0.1) is 0 Å².